The van der Waals surface area contributed by atoms with Gasteiger partial charge in [0.25, 0.3) is 5.91 Å². The first-order valence-corrected chi connectivity index (χ1v) is 9.71. The zero-order valence-corrected chi connectivity index (χ0v) is 15.8. The third kappa shape index (κ3) is 6.03. The van der Waals surface area contributed by atoms with Crippen LogP contribution >= 0.6 is 11.6 Å². The fraction of sp³-hybridized carbons (Fsp3) is 0.600. The summed E-state index contributed by atoms with van der Waals surface area (Å²) in [7, 11) is 0. The molecule has 0 radical (unpaired) electrons. The van der Waals surface area contributed by atoms with E-state index in [0.29, 0.717) is 43.1 Å². The summed E-state index contributed by atoms with van der Waals surface area (Å²) in [6.45, 7) is 3.84. The summed E-state index contributed by atoms with van der Waals surface area (Å²) >= 11 is 6.10. The third-order valence-corrected chi connectivity index (χ3v) is 5.04. The Bertz CT molecular complexity index is 568. The molecule has 25 heavy (non-hydrogen) atoms. The number of esters is 1. The maximum absolute atomic E-state index is 12.5. The Morgan fingerprint density at radius 2 is 1.80 bits per heavy atom. The Morgan fingerprint density at radius 1 is 1.12 bits per heavy atom. The van der Waals surface area contributed by atoms with Crippen molar-refractivity contribution in [1.82, 2.24) is 4.90 Å². The lowest BCUT2D eigenvalue weighted by molar-refractivity contribution is -0.150. The highest BCUT2D eigenvalue weighted by molar-refractivity contribution is 6.33. The molecule has 1 saturated heterocycles. The van der Waals surface area contributed by atoms with Crippen LogP contribution in [0.3, 0.4) is 0 Å². The molecule has 0 unspecified atom stereocenters. The van der Waals surface area contributed by atoms with Gasteiger partial charge in [0.2, 0.25) is 0 Å². The Morgan fingerprint density at radius 3 is 2.48 bits per heavy atom. The number of carbonyl (C=O) groups excluding carboxylic acids is 2. The maximum atomic E-state index is 12.5. The van der Waals surface area contributed by atoms with Gasteiger partial charge in [0, 0.05) is 13.1 Å². The van der Waals surface area contributed by atoms with E-state index in [1.165, 1.54) is 19.3 Å². The fourth-order valence-electron chi connectivity index (χ4n) is 3.12. The van der Waals surface area contributed by atoms with Gasteiger partial charge in [-0.15, -0.1) is 0 Å². The van der Waals surface area contributed by atoms with Crippen molar-refractivity contribution in [3.63, 3.8) is 0 Å². The van der Waals surface area contributed by atoms with Crippen molar-refractivity contribution in [3.8, 4) is 0 Å². The van der Waals surface area contributed by atoms with Gasteiger partial charge in [0.05, 0.1) is 23.1 Å². The summed E-state index contributed by atoms with van der Waals surface area (Å²) in [5, 5.41) is 0.470. The van der Waals surface area contributed by atoms with Gasteiger partial charge < -0.3 is 9.64 Å². The Hall–Kier alpha value is -1.55. The van der Waals surface area contributed by atoms with Crippen molar-refractivity contribution in [2.24, 2.45) is 5.92 Å². The molecule has 2 rings (SSSR count). The second kappa shape index (κ2) is 10.4. The van der Waals surface area contributed by atoms with E-state index < -0.39 is 0 Å². The summed E-state index contributed by atoms with van der Waals surface area (Å²) < 4.78 is 5.40. The zero-order valence-electron chi connectivity index (χ0n) is 15.0. The van der Waals surface area contributed by atoms with E-state index in [0.717, 1.165) is 12.8 Å². The smallest absolute Gasteiger partial charge is 0.309 e. The Labute approximate surface area is 155 Å². The first-order chi connectivity index (χ1) is 12.1. The first kappa shape index (κ1) is 19.8. The van der Waals surface area contributed by atoms with Crippen LogP contribution in [-0.4, -0.2) is 36.5 Å². The molecule has 1 aromatic rings. The van der Waals surface area contributed by atoms with E-state index in [4.69, 9.17) is 16.3 Å². The quantitative estimate of drug-likeness (QED) is 0.495. The van der Waals surface area contributed by atoms with E-state index in [-0.39, 0.29) is 17.8 Å². The summed E-state index contributed by atoms with van der Waals surface area (Å²) in [5.74, 6) is -0.264. The van der Waals surface area contributed by atoms with E-state index in [1.54, 1.807) is 17.0 Å². The van der Waals surface area contributed by atoms with Crippen molar-refractivity contribution in [3.05, 3.63) is 34.9 Å². The maximum Gasteiger partial charge on any atom is 0.309 e. The third-order valence-electron chi connectivity index (χ3n) is 4.71. The largest absolute Gasteiger partial charge is 0.465 e. The average Bonchev–Trinajstić information content (AvgIpc) is 2.64. The number of amides is 1. The number of rotatable bonds is 8. The number of carbonyl (C=O) groups is 2. The second-order valence-electron chi connectivity index (χ2n) is 6.63. The average molecular weight is 366 g/mol. The van der Waals surface area contributed by atoms with Crippen LogP contribution in [0.25, 0.3) is 0 Å². The van der Waals surface area contributed by atoms with Crippen LogP contribution in [0.1, 0.15) is 62.2 Å². The van der Waals surface area contributed by atoms with Gasteiger partial charge in [-0.2, -0.15) is 0 Å². The number of likely N-dealkylation sites (tertiary alicyclic amines) is 1. The molecule has 0 N–H and O–H groups in total. The molecule has 1 aliphatic heterocycles. The van der Waals surface area contributed by atoms with Crippen molar-refractivity contribution >= 4 is 23.5 Å². The first-order valence-electron chi connectivity index (χ1n) is 9.34. The summed E-state index contributed by atoms with van der Waals surface area (Å²) in [6, 6.07) is 7.08. The van der Waals surface area contributed by atoms with E-state index >= 15 is 0 Å². The van der Waals surface area contributed by atoms with Gasteiger partial charge in [0.15, 0.2) is 0 Å². The van der Waals surface area contributed by atoms with Crippen LogP contribution < -0.4 is 0 Å². The van der Waals surface area contributed by atoms with Gasteiger partial charge in [-0.1, -0.05) is 56.3 Å². The van der Waals surface area contributed by atoms with E-state index in [2.05, 4.69) is 6.92 Å². The molecule has 4 nitrogen and oxygen atoms in total. The van der Waals surface area contributed by atoms with Crippen LogP contribution in [0.2, 0.25) is 5.02 Å². The summed E-state index contributed by atoms with van der Waals surface area (Å²) in [6.07, 6.45) is 7.03. The predicted octanol–water partition coefficient (Wildman–Crippen LogP) is 4.71. The molecule has 1 aliphatic rings. The number of ether oxygens (including phenoxy) is 1. The molecule has 0 spiro atoms. The normalized spacial score (nSPS) is 15.2. The lowest BCUT2D eigenvalue weighted by Gasteiger charge is -2.31. The molecular weight excluding hydrogens is 338 g/mol. The molecule has 1 heterocycles. The molecule has 0 aliphatic carbocycles. The molecule has 1 amide bonds. The van der Waals surface area contributed by atoms with Crippen LogP contribution in [0.15, 0.2) is 24.3 Å². The van der Waals surface area contributed by atoms with Crippen LogP contribution in [-0.2, 0) is 9.53 Å². The van der Waals surface area contributed by atoms with Gasteiger partial charge in [0.1, 0.15) is 0 Å². The van der Waals surface area contributed by atoms with Crippen LogP contribution in [0.4, 0.5) is 0 Å². The highest BCUT2D eigenvalue weighted by atomic mass is 35.5. The molecule has 0 atom stereocenters. The number of halogens is 1. The lowest BCUT2D eigenvalue weighted by Crippen LogP contribution is -2.40. The van der Waals surface area contributed by atoms with Crippen LogP contribution in [0, 0.1) is 5.92 Å². The molecule has 138 valence electrons. The monoisotopic (exact) mass is 365 g/mol. The number of hydrogen-bond acceptors (Lipinski definition) is 3. The number of nitrogens with zero attached hydrogens (tertiary/aromatic N) is 1. The number of unbranched alkanes of at least 4 members (excludes halogenated alkanes) is 4. The summed E-state index contributed by atoms with van der Waals surface area (Å²) in [4.78, 5) is 26.4. The fourth-order valence-corrected chi connectivity index (χ4v) is 3.34. The topological polar surface area (TPSA) is 46.6 Å². The van der Waals surface area contributed by atoms with E-state index in [1.807, 2.05) is 12.1 Å². The Balaban J connectivity index is 1.71. The van der Waals surface area contributed by atoms with Crippen molar-refractivity contribution in [2.75, 3.05) is 19.7 Å². The highest BCUT2D eigenvalue weighted by Crippen LogP contribution is 2.23. The van der Waals surface area contributed by atoms with Crippen LogP contribution in [0.5, 0.6) is 0 Å². The van der Waals surface area contributed by atoms with Crippen molar-refractivity contribution in [1.29, 1.82) is 0 Å². The predicted molar refractivity (Wildman–Crippen MR) is 99.8 cm³/mol. The van der Waals surface area contributed by atoms with Crippen molar-refractivity contribution < 1.29 is 14.3 Å². The molecule has 5 heteroatoms. The highest BCUT2D eigenvalue weighted by Gasteiger charge is 2.29. The molecule has 0 saturated carbocycles. The summed E-state index contributed by atoms with van der Waals surface area (Å²) in [5.41, 5.74) is 0.525. The molecular formula is C20H28ClNO3. The number of benzene rings is 1. The van der Waals surface area contributed by atoms with Gasteiger partial charge in [-0.05, 0) is 31.4 Å². The zero-order chi connectivity index (χ0) is 18.1. The van der Waals surface area contributed by atoms with E-state index in [9.17, 15) is 9.59 Å². The Kier molecular flexibility index (Phi) is 8.26. The minimum atomic E-state index is -0.111. The lowest BCUT2D eigenvalue weighted by atomic mass is 9.96. The van der Waals surface area contributed by atoms with Gasteiger partial charge in [-0.3, -0.25) is 9.59 Å². The molecule has 0 bridgehead atoms. The SMILES string of the molecule is CCCCCCCOC(=O)C1CCN(C(=O)c2ccccc2Cl)CC1. The van der Waals surface area contributed by atoms with Gasteiger partial charge in [-0.25, -0.2) is 0 Å². The van der Waals surface area contributed by atoms with Gasteiger partial charge >= 0.3 is 5.97 Å². The number of hydrogen-bond donors (Lipinski definition) is 0. The molecule has 0 aromatic heterocycles. The van der Waals surface area contributed by atoms with Crippen molar-refractivity contribution in [2.45, 2.75) is 51.9 Å². The standard InChI is InChI=1S/C20H28ClNO3/c1-2-3-4-5-8-15-25-20(24)16-11-13-22(14-12-16)19(23)17-9-6-7-10-18(17)21/h6-7,9-10,16H,2-5,8,11-15H2,1H3. The molecule has 1 aromatic carbocycles. The minimum absolute atomic E-state index is 0.0617. The molecule has 1 fully saturated rings. The second-order valence-corrected chi connectivity index (χ2v) is 7.04. The number of piperidine rings is 1. The minimum Gasteiger partial charge on any atom is -0.465 e.